The first-order chi connectivity index (χ1) is 25.9. The van der Waals surface area contributed by atoms with Crippen LogP contribution in [0.4, 0.5) is 32.4 Å². The minimum atomic E-state index is -5.08. The normalized spacial score (nSPS) is 13.1. The predicted molar refractivity (Wildman–Crippen MR) is 197 cm³/mol. The molecule has 0 spiro atoms. The number of amides is 2. The predicted octanol–water partition coefficient (Wildman–Crippen LogP) is 6.34. The van der Waals surface area contributed by atoms with Crippen molar-refractivity contribution < 1.29 is 59.7 Å². The molecule has 0 heterocycles. The van der Waals surface area contributed by atoms with E-state index < -0.39 is 74.8 Å². The monoisotopic (exact) mass is 801 g/mol. The average Bonchev–Trinajstić information content (AvgIpc) is 3.12. The first-order valence-electron chi connectivity index (χ1n) is 17.6. The van der Waals surface area contributed by atoms with Crippen LogP contribution in [0.15, 0.2) is 72.8 Å². The molecule has 0 aliphatic heterocycles. The van der Waals surface area contributed by atoms with E-state index >= 15 is 0 Å². The summed E-state index contributed by atoms with van der Waals surface area (Å²) in [6.07, 6.45) is -4.77. The number of anilines is 1. The average molecular weight is 802 g/mol. The van der Waals surface area contributed by atoms with Gasteiger partial charge >= 0.3 is 18.2 Å². The van der Waals surface area contributed by atoms with Gasteiger partial charge in [0.1, 0.15) is 24.3 Å². The summed E-state index contributed by atoms with van der Waals surface area (Å²) in [6.45, 7) is 5.58. The number of carboxylic acids is 1. The highest BCUT2D eigenvalue weighted by atomic mass is 32.2. The third-order valence-corrected chi connectivity index (χ3v) is 10.5. The minimum Gasteiger partial charge on any atom is -0.475 e. The van der Waals surface area contributed by atoms with Gasteiger partial charge in [-0.25, -0.2) is 26.8 Å². The Morgan fingerprint density at radius 1 is 0.818 bits per heavy atom. The van der Waals surface area contributed by atoms with Gasteiger partial charge in [-0.15, -0.1) is 0 Å². The van der Waals surface area contributed by atoms with Gasteiger partial charge in [-0.3, -0.25) is 4.79 Å². The summed E-state index contributed by atoms with van der Waals surface area (Å²) < 4.78 is 92.4. The number of sulfone groups is 1. The highest BCUT2D eigenvalue weighted by molar-refractivity contribution is 7.92. The lowest BCUT2D eigenvalue weighted by Crippen LogP contribution is -2.56. The van der Waals surface area contributed by atoms with Gasteiger partial charge in [0.05, 0.1) is 23.1 Å². The van der Waals surface area contributed by atoms with Crippen LogP contribution in [-0.2, 0) is 43.6 Å². The topological polar surface area (TPSA) is 171 Å². The SMILES string of the molecule is CCCC(CCC)S(=O)(=O)CC(NC(=O)OCc1ccccc1)C(=O)N[C@@H](Cc1cc(F)cc(F)c1)[C@H](O)CNc1cccc(CC)c1.O=C(O)C(F)(F)F. The number of aliphatic hydroxyl groups excluding tert-OH is 1. The fourth-order valence-corrected chi connectivity index (χ4v) is 7.58. The molecule has 5 N–H and O–H groups in total. The first kappa shape index (κ1) is 46.4. The molecule has 0 radical (unpaired) electrons. The van der Waals surface area contributed by atoms with Crippen molar-refractivity contribution in [1.82, 2.24) is 10.6 Å². The Balaban J connectivity index is 0.00000136. The Bertz CT molecular complexity index is 1750. The molecule has 3 atom stereocenters. The fourth-order valence-electron chi connectivity index (χ4n) is 5.42. The number of carbonyl (C=O) groups excluding carboxylic acids is 2. The Hall–Kier alpha value is -4.77. The van der Waals surface area contributed by atoms with Crippen LogP contribution in [0, 0.1) is 11.6 Å². The number of aliphatic hydroxyl groups is 1. The van der Waals surface area contributed by atoms with E-state index in [-0.39, 0.29) is 25.1 Å². The summed E-state index contributed by atoms with van der Waals surface area (Å²) in [5.41, 5.74) is 2.64. The Labute approximate surface area is 317 Å². The molecule has 0 fully saturated rings. The quantitative estimate of drug-likeness (QED) is 0.0869. The van der Waals surface area contributed by atoms with E-state index in [2.05, 4.69) is 16.0 Å². The molecule has 0 saturated heterocycles. The molecule has 0 aliphatic carbocycles. The van der Waals surface area contributed by atoms with Crippen LogP contribution in [0.3, 0.4) is 0 Å². The number of alkyl halides is 3. The lowest BCUT2D eigenvalue weighted by molar-refractivity contribution is -0.192. The molecule has 0 aliphatic rings. The number of ether oxygens (including phenoxy) is 1. The molecule has 304 valence electrons. The van der Waals surface area contributed by atoms with E-state index in [0.29, 0.717) is 37.3 Å². The molecular weight excluding hydrogens is 753 g/mol. The third kappa shape index (κ3) is 17.1. The van der Waals surface area contributed by atoms with Crippen molar-refractivity contribution in [3.05, 3.63) is 101 Å². The van der Waals surface area contributed by atoms with Crippen LogP contribution in [0.25, 0.3) is 0 Å². The Morgan fingerprint density at radius 3 is 1.95 bits per heavy atom. The maximum absolute atomic E-state index is 14.1. The van der Waals surface area contributed by atoms with E-state index in [0.717, 1.165) is 29.8 Å². The zero-order valence-corrected chi connectivity index (χ0v) is 31.6. The molecular formula is C38H48F5N3O8S. The number of nitrogens with one attached hydrogen (secondary N) is 3. The summed E-state index contributed by atoms with van der Waals surface area (Å²) >= 11 is 0. The number of halogens is 5. The van der Waals surface area contributed by atoms with Crippen LogP contribution >= 0.6 is 0 Å². The summed E-state index contributed by atoms with van der Waals surface area (Å²) in [5.74, 6) is -6.01. The van der Waals surface area contributed by atoms with E-state index in [9.17, 15) is 45.1 Å². The molecule has 0 bridgehead atoms. The molecule has 1 unspecified atom stereocenters. The molecule has 2 amide bonds. The lowest BCUT2D eigenvalue weighted by atomic mass is 10.00. The standard InChI is InChI=1S/C36H47F2N3O6S.C2HF3O2/c1-4-11-31(12-5-2)48(45,46)24-33(41-36(44)47-23-26-13-8-7-9-14-26)35(43)40-32(20-27-17-28(37)21-29(38)18-27)34(42)22-39-30-16-10-15-25(6-3)19-30;3-2(4,5)1(6)7/h7-10,13-19,21,31-34,39,42H,4-6,11-12,20,22-24H2,1-3H3,(H,40,43)(H,41,44);(H,6,7)/t32-,33?,34+;/m0./s1. The van der Waals surface area contributed by atoms with Crippen molar-refractivity contribution in [2.24, 2.45) is 0 Å². The molecule has 0 aromatic heterocycles. The Kier molecular flexibility index (Phi) is 19.0. The molecule has 0 saturated carbocycles. The van der Waals surface area contributed by atoms with Crippen LogP contribution in [0.1, 0.15) is 63.1 Å². The maximum atomic E-state index is 14.1. The number of aliphatic carboxylic acids is 1. The van der Waals surface area contributed by atoms with Crippen LogP contribution < -0.4 is 16.0 Å². The summed E-state index contributed by atoms with van der Waals surface area (Å²) in [5, 5.41) is 25.9. The van der Waals surface area contributed by atoms with Crippen LogP contribution in [0.5, 0.6) is 0 Å². The molecule has 55 heavy (non-hydrogen) atoms. The van der Waals surface area contributed by atoms with E-state index in [1.807, 2.05) is 45.0 Å². The Morgan fingerprint density at radius 2 is 1.40 bits per heavy atom. The molecule has 3 aromatic rings. The molecule has 11 nitrogen and oxygen atoms in total. The van der Waals surface area contributed by atoms with Crippen LogP contribution in [-0.4, -0.2) is 78.5 Å². The van der Waals surface area contributed by atoms with Gasteiger partial charge in [0.15, 0.2) is 9.84 Å². The number of carbonyl (C=O) groups is 3. The van der Waals surface area contributed by atoms with E-state index in [4.69, 9.17) is 14.6 Å². The minimum absolute atomic E-state index is 0.0551. The second-order valence-electron chi connectivity index (χ2n) is 12.7. The maximum Gasteiger partial charge on any atom is 0.490 e. The van der Waals surface area contributed by atoms with E-state index in [1.165, 1.54) is 0 Å². The smallest absolute Gasteiger partial charge is 0.475 e. The number of rotatable bonds is 19. The second kappa shape index (κ2) is 22.6. The first-order valence-corrected chi connectivity index (χ1v) is 19.3. The number of benzene rings is 3. The number of hydrogen-bond acceptors (Lipinski definition) is 8. The molecule has 3 rings (SSSR count). The number of hydrogen-bond donors (Lipinski definition) is 5. The highest BCUT2D eigenvalue weighted by Crippen LogP contribution is 2.19. The van der Waals surface area contributed by atoms with Gasteiger partial charge in [0.2, 0.25) is 5.91 Å². The van der Waals surface area contributed by atoms with Gasteiger partial charge in [-0.05, 0) is 66.6 Å². The number of carboxylic acid groups (broad SMARTS) is 1. The number of aryl methyl sites for hydroxylation is 1. The van der Waals surface area contributed by atoms with Gasteiger partial charge in [-0.1, -0.05) is 76.1 Å². The van der Waals surface area contributed by atoms with Gasteiger partial charge in [-0.2, -0.15) is 13.2 Å². The molecule has 17 heteroatoms. The van der Waals surface area contributed by atoms with E-state index in [1.54, 1.807) is 30.3 Å². The van der Waals surface area contributed by atoms with Crippen molar-refractivity contribution in [2.75, 3.05) is 17.6 Å². The van der Waals surface area contributed by atoms with Crippen molar-refractivity contribution in [3.63, 3.8) is 0 Å². The van der Waals surface area contributed by atoms with Gasteiger partial charge in [0.25, 0.3) is 0 Å². The third-order valence-electron chi connectivity index (χ3n) is 8.21. The summed E-state index contributed by atoms with van der Waals surface area (Å²) in [4.78, 5) is 35.6. The van der Waals surface area contributed by atoms with Crippen molar-refractivity contribution in [1.29, 1.82) is 0 Å². The van der Waals surface area contributed by atoms with Crippen molar-refractivity contribution in [3.8, 4) is 0 Å². The molecule has 3 aromatic carbocycles. The van der Waals surface area contributed by atoms with Gasteiger partial charge in [0, 0.05) is 18.3 Å². The van der Waals surface area contributed by atoms with Crippen molar-refractivity contribution >= 4 is 33.5 Å². The second-order valence-corrected chi connectivity index (χ2v) is 15.0. The lowest BCUT2D eigenvalue weighted by Gasteiger charge is -2.28. The van der Waals surface area contributed by atoms with Crippen LogP contribution in [0.2, 0.25) is 0 Å². The largest absolute Gasteiger partial charge is 0.490 e. The zero-order valence-electron chi connectivity index (χ0n) is 30.7. The summed E-state index contributed by atoms with van der Waals surface area (Å²) in [6, 6.07) is 16.6. The summed E-state index contributed by atoms with van der Waals surface area (Å²) in [7, 11) is -3.89. The fraction of sp³-hybridized carbons (Fsp3) is 0.447. The number of alkyl carbamates (subject to hydrolysis) is 1. The van der Waals surface area contributed by atoms with Crippen molar-refractivity contribution in [2.45, 2.75) is 95.5 Å². The highest BCUT2D eigenvalue weighted by Gasteiger charge is 2.38. The van der Waals surface area contributed by atoms with Gasteiger partial charge < -0.3 is 30.9 Å². The zero-order chi connectivity index (χ0) is 41.2.